The van der Waals surface area contributed by atoms with Crippen molar-refractivity contribution in [2.24, 2.45) is 0 Å². The molecule has 0 spiro atoms. The molecule has 1 fully saturated rings. The molecule has 1 aromatic rings. The largest absolute Gasteiger partial charge is 0.352 e. The van der Waals surface area contributed by atoms with Crippen molar-refractivity contribution in [1.29, 1.82) is 0 Å². The molecular formula is C14H19FN2O3S. The van der Waals surface area contributed by atoms with Gasteiger partial charge in [-0.3, -0.25) is 4.79 Å². The summed E-state index contributed by atoms with van der Waals surface area (Å²) in [6.45, 7) is 1.49. The molecule has 1 amide bonds. The Morgan fingerprint density at radius 1 is 1.24 bits per heavy atom. The van der Waals surface area contributed by atoms with Crippen molar-refractivity contribution in [3.05, 3.63) is 30.1 Å². The van der Waals surface area contributed by atoms with Crippen molar-refractivity contribution < 1.29 is 17.6 Å². The zero-order chi connectivity index (χ0) is 15.5. The third-order valence-corrected chi connectivity index (χ3v) is 5.11. The van der Waals surface area contributed by atoms with Crippen LogP contribution in [0.1, 0.15) is 32.6 Å². The van der Waals surface area contributed by atoms with Crippen molar-refractivity contribution in [2.45, 2.75) is 49.6 Å². The Hall–Kier alpha value is -1.47. The van der Waals surface area contributed by atoms with Crippen molar-refractivity contribution in [2.75, 3.05) is 0 Å². The SMILES string of the molecule is C[C@@H](NS(=O)(=O)c1ccc(F)cc1)C(=O)NC1CCCC1. The quantitative estimate of drug-likeness (QED) is 0.866. The molecule has 0 aliphatic heterocycles. The summed E-state index contributed by atoms with van der Waals surface area (Å²) in [6, 6.07) is 3.73. The highest BCUT2D eigenvalue weighted by Gasteiger charge is 2.24. The Morgan fingerprint density at radius 3 is 2.38 bits per heavy atom. The first-order chi connectivity index (χ1) is 9.88. The van der Waals surface area contributed by atoms with Gasteiger partial charge in [-0.05, 0) is 44.0 Å². The van der Waals surface area contributed by atoms with Crippen LogP contribution in [0.3, 0.4) is 0 Å². The maximum atomic E-state index is 12.8. The number of benzene rings is 1. The van der Waals surface area contributed by atoms with Gasteiger partial charge in [-0.25, -0.2) is 12.8 Å². The highest BCUT2D eigenvalue weighted by molar-refractivity contribution is 7.89. The van der Waals surface area contributed by atoms with Crippen LogP contribution in [0.4, 0.5) is 4.39 Å². The molecule has 1 aromatic carbocycles. The first-order valence-electron chi connectivity index (χ1n) is 6.97. The Labute approximate surface area is 124 Å². The molecule has 5 nitrogen and oxygen atoms in total. The minimum Gasteiger partial charge on any atom is -0.352 e. The normalized spacial score (nSPS) is 17.6. The molecule has 1 aliphatic carbocycles. The lowest BCUT2D eigenvalue weighted by Gasteiger charge is -2.17. The van der Waals surface area contributed by atoms with Gasteiger partial charge in [0.1, 0.15) is 5.82 Å². The molecule has 0 aromatic heterocycles. The van der Waals surface area contributed by atoms with E-state index in [2.05, 4.69) is 10.0 Å². The van der Waals surface area contributed by atoms with E-state index in [-0.39, 0.29) is 16.8 Å². The zero-order valence-electron chi connectivity index (χ0n) is 11.8. The van der Waals surface area contributed by atoms with Gasteiger partial charge in [0.15, 0.2) is 0 Å². The summed E-state index contributed by atoms with van der Waals surface area (Å²) >= 11 is 0. The van der Waals surface area contributed by atoms with E-state index in [1.54, 1.807) is 0 Å². The second kappa shape index (κ2) is 6.53. The van der Waals surface area contributed by atoms with Gasteiger partial charge >= 0.3 is 0 Å². The average molecular weight is 314 g/mol. The van der Waals surface area contributed by atoms with Crippen molar-refractivity contribution in [3.63, 3.8) is 0 Å². The van der Waals surface area contributed by atoms with Gasteiger partial charge in [-0.2, -0.15) is 4.72 Å². The predicted octanol–water partition coefficient (Wildman–Crippen LogP) is 1.55. The highest BCUT2D eigenvalue weighted by Crippen LogP contribution is 2.17. The molecule has 0 heterocycles. The Bertz CT molecular complexity index is 595. The molecule has 0 saturated heterocycles. The maximum Gasteiger partial charge on any atom is 0.241 e. The van der Waals surface area contributed by atoms with Crippen LogP contribution >= 0.6 is 0 Å². The number of carbonyl (C=O) groups excluding carboxylic acids is 1. The first kappa shape index (κ1) is 15.9. The molecule has 2 N–H and O–H groups in total. The van der Waals surface area contributed by atoms with Crippen LogP contribution in [0.25, 0.3) is 0 Å². The van der Waals surface area contributed by atoms with Gasteiger partial charge in [0.05, 0.1) is 10.9 Å². The molecule has 0 bridgehead atoms. The summed E-state index contributed by atoms with van der Waals surface area (Å²) in [5, 5.41) is 2.84. The van der Waals surface area contributed by atoms with E-state index in [1.807, 2.05) is 0 Å². The lowest BCUT2D eigenvalue weighted by atomic mass is 10.2. The molecule has 2 rings (SSSR count). The summed E-state index contributed by atoms with van der Waals surface area (Å²) in [6.07, 6.45) is 4.04. The zero-order valence-corrected chi connectivity index (χ0v) is 12.6. The number of sulfonamides is 1. The van der Waals surface area contributed by atoms with Crippen molar-refractivity contribution >= 4 is 15.9 Å². The number of carbonyl (C=O) groups is 1. The maximum absolute atomic E-state index is 12.8. The van der Waals surface area contributed by atoms with Crippen LogP contribution in [0.2, 0.25) is 0 Å². The first-order valence-corrected chi connectivity index (χ1v) is 8.45. The van der Waals surface area contributed by atoms with E-state index < -0.39 is 21.9 Å². The molecule has 1 saturated carbocycles. The van der Waals surface area contributed by atoms with Crippen molar-refractivity contribution in [3.8, 4) is 0 Å². The minimum atomic E-state index is -3.83. The number of halogens is 1. The number of hydrogen-bond donors (Lipinski definition) is 2. The predicted molar refractivity (Wildman–Crippen MR) is 76.6 cm³/mol. The van der Waals surface area contributed by atoms with E-state index in [4.69, 9.17) is 0 Å². The summed E-state index contributed by atoms with van der Waals surface area (Å²) < 4.78 is 39.3. The Kier molecular flexibility index (Phi) is 4.95. The van der Waals surface area contributed by atoms with Crippen molar-refractivity contribution in [1.82, 2.24) is 10.0 Å². The molecule has 1 aliphatic rings. The van der Waals surface area contributed by atoms with Crippen LogP contribution in [0.15, 0.2) is 29.2 Å². The third-order valence-electron chi connectivity index (χ3n) is 3.55. The summed E-state index contributed by atoms with van der Waals surface area (Å²) in [4.78, 5) is 11.9. The van der Waals surface area contributed by atoms with Crippen LogP contribution in [-0.4, -0.2) is 26.4 Å². The summed E-state index contributed by atoms with van der Waals surface area (Å²) in [5.41, 5.74) is 0. The smallest absolute Gasteiger partial charge is 0.241 e. The van der Waals surface area contributed by atoms with Gasteiger partial charge < -0.3 is 5.32 Å². The molecule has 7 heteroatoms. The molecule has 116 valence electrons. The van der Waals surface area contributed by atoms with Crippen LogP contribution in [0, 0.1) is 5.82 Å². The fourth-order valence-corrected chi connectivity index (χ4v) is 3.57. The number of amides is 1. The van der Waals surface area contributed by atoms with Crippen LogP contribution < -0.4 is 10.0 Å². The van der Waals surface area contributed by atoms with E-state index >= 15 is 0 Å². The molecule has 0 unspecified atom stereocenters. The number of nitrogens with one attached hydrogen (secondary N) is 2. The molecule has 0 radical (unpaired) electrons. The summed E-state index contributed by atoms with van der Waals surface area (Å²) in [5.74, 6) is -0.853. The van der Waals surface area contributed by atoms with Gasteiger partial charge in [0.2, 0.25) is 15.9 Å². The van der Waals surface area contributed by atoms with Gasteiger partial charge in [0, 0.05) is 6.04 Å². The van der Waals surface area contributed by atoms with Gasteiger partial charge in [-0.1, -0.05) is 12.8 Å². The standard InChI is InChI=1S/C14H19FN2O3S/c1-10(14(18)16-12-4-2-3-5-12)17-21(19,20)13-8-6-11(15)7-9-13/h6-10,12,17H,2-5H2,1H3,(H,16,18)/t10-/m1/s1. The lowest BCUT2D eigenvalue weighted by Crippen LogP contribution is -2.47. The number of hydrogen-bond acceptors (Lipinski definition) is 3. The fraction of sp³-hybridized carbons (Fsp3) is 0.500. The molecule has 21 heavy (non-hydrogen) atoms. The van der Waals surface area contributed by atoms with E-state index in [0.717, 1.165) is 37.8 Å². The van der Waals surface area contributed by atoms with Gasteiger partial charge in [-0.15, -0.1) is 0 Å². The lowest BCUT2D eigenvalue weighted by molar-refractivity contribution is -0.123. The molecular weight excluding hydrogens is 295 g/mol. The Morgan fingerprint density at radius 2 is 1.81 bits per heavy atom. The minimum absolute atomic E-state index is 0.0654. The van der Waals surface area contributed by atoms with Crippen LogP contribution in [0.5, 0.6) is 0 Å². The van der Waals surface area contributed by atoms with Gasteiger partial charge in [0.25, 0.3) is 0 Å². The second-order valence-electron chi connectivity index (χ2n) is 5.29. The average Bonchev–Trinajstić information content (AvgIpc) is 2.91. The van der Waals surface area contributed by atoms with E-state index in [0.29, 0.717) is 0 Å². The topological polar surface area (TPSA) is 75.3 Å². The highest BCUT2D eigenvalue weighted by atomic mass is 32.2. The van der Waals surface area contributed by atoms with E-state index in [1.165, 1.54) is 19.1 Å². The number of rotatable bonds is 5. The molecule has 1 atom stereocenters. The second-order valence-corrected chi connectivity index (χ2v) is 7.00. The monoisotopic (exact) mass is 314 g/mol. The third kappa shape index (κ3) is 4.25. The van der Waals surface area contributed by atoms with E-state index in [9.17, 15) is 17.6 Å². The summed E-state index contributed by atoms with van der Waals surface area (Å²) in [7, 11) is -3.83. The van der Waals surface area contributed by atoms with Crippen LogP contribution in [-0.2, 0) is 14.8 Å². The Balaban J connectivity index is 1.98. The fourth-order valence-electron chi connectivity index (χ4n) is 2.36.